The Morgan fingerprint density at radius 1 is 1.50 bits per heavy atom. The molecule has 0 spiro atoms. The second kappa shape index (κ2) is 5.49. The summed E-state index contributed by atoms with van der Waals surface area (Å²) in [5.74, 6) is 0.625. The molecule has 1 atom stereocenters. The first-order valence-corrected chi connectivity index (χ1v) is 6.17. The van der Waals surface area contributed by atoms with E-state index < -0.39 is 6.10 Å². The molecule has 2 rings (SSSR count). The van der Waals surface area contributed by atoms with Crippen LogP contribution >= 0.6 is 0 Å². The Hall–Kier alpha value is -1.40. The number of aryl methyl sites for hydroxylation is 1. The molecule has 1 amide bonds. The SMILES string of the molecule is Cc1cc(CN2CCN(C(=O)C(C)O)CC2)no1. The van der Waals surface area contributed by atoms with Gasteiger partial charge >= 0.3 is 0 Å². The summed E-state index contributed by atoms with van der Waals surface area (Å²) in [5.41, 5.74) is 0.919. The van der Waals surface area contributed by atoms with Crippen LogP contribution in [0.2, 0.25) is 0 Å². The van der Waals surface area contributed by atoms with Gasteiger partial charge in [0, 0.05) is 38.8 Å². The van der Waals surface area contributed by atoms with Crippen LogP contribution in [0.15, 0.2) is 10.6 Å². The lowest BCUT2D eigenvalue weighted by atomic mass is 10.2. The summed E-state index contributed by atoms with van der Waals surface area (Å²) in [6.45, 7) is 7.02. The largest absolute Gasteiger partial charge is 0.384 e. The summed E-state index contributed by atoms with van der Waals surface area (Å²) in [4.78, 5) is 15.5. The monoisotopic (exact) mass is 253 g/mol. The number of aromatic nitrogens is 1. The van der Waals surface area contributed by atoms with Crippen molar-refractivity contribution in [3.05, 3.63) is 17.5 Å². The highest BCUT2D eigenvalue weighted by molar-refractivity contribution is 5.80. The third-order valence-corrected chi connectivity index (χ3v) is 3.10. The molecule has 1 saturated heterocycles. The van der Waals surface area contributed by atoms with E-state index in [0.717, 1.165) is 31.1 Å². The van der Waals surface area contributed by atoms with E-state index in [1.54, 1.807) is 4.90 Å². The van der Waals surface area contributed by atoms with Crippen molar-refractivity contribution >= 4 is 5.91 Å². The number of carbonyl (C=O) groups excluding carboxylic acids is 1. The van der Waals surface area contributed by atoms with Crippen molar-refractivity contribution < 1.29 is 14.4 Å². The molecule has 1 aromatic heterocycles. The quantitative estimate of drug-likeness (QED) is 0.821. The molecule has 0 aromatic carbocycles. The molecule has 0 radical (unpaired) electrons. The molecular formula is C12H19N3O3. The average Bonchev–Trinajstić information content (AvgIpc) is 2.75. The molecule has 100 valence electrons. The molecule has 1 N–H and O–H groups in total. The van der Waals surface area contributed by atoms with Crippen molar-refractivity contribution in [3.63, 3.8) is 0 Å². The van der Waals surface area contributed by atoms with Gasteiger partial charge in [-0.2, -0.15) is 0 Å². The van der Waals surface area contributed by atoms with Crippen molar-refractivity contribution in [2.45, 2.75) is 26.5 Å². The number of hydrogen-bond acceptors (Lipinski definition) is 5. The Morgan fingerprint density at radius 2 is 2.17 bits per heavy atom. The Morgan fingerprint density at radius 3 is 2.67 bits per heavy atom. The molecule has 1 fully saturated rings. The fraction of sp³-hybridized carbons (Fsp3) is 0.667. The Bertz CT molecular complexity index is 408. The lowest BCUT2D eigenvalue weighted by Gasteiger charge is -2.34. The highest BCUT2D eigenvalue weighted by Crippen LogP contribution is 2.09. The van der Waals surface area contributed by atoms with E-state index in [-0.39, 0.29) is 5.91 Å². The molecule has 6 heteroatoms. The average molecular weight is 253 g/mol. The molecule has 0 bridgehead atoms. The summed E-state index contributed by atoms with van der Waals surface area (Å²) in [6, 6.07) is 1.92. The molecule has 2 heterocycles. The van der Waals surface area contributed by atoms with E-state index in [4.69, 9.17) is 4.52 Å². The van der Waals surface area contributed by atoms with Crippen LogP contribution in [0, 0.1) is 6.92 Å². The number of piperazine rings is 1. The van der Waals surface area contributed by atoms with Crippen molar-refractivity contribution in [2.75, 3.05) is 26.2 Å². The van der Waals surface area contributed by atoms with Gasteiger partial charge in [0.05, 0.1) is 5.69 Å². The van der Waals surface area contributed by atoms with Gasteiger partial charge in [0.2, 0.25) is 0 Å². The zero-order chi connectivity index (χ0) is 13.1. The number of hydrogen-bond donors (Lipinski definition) is 1. The van der Waals surface area contributed by atoms with Crippen LogP contribution in [0.5, 0.6) is 0 Å². The van der Waals surface area contributed by atoms with Gasteiger partial charge in [0.25, 0.3) is 5.91 Å². The van der Waals surface area contributed by atoms with Crippen LogP contribution in [0.4, 0.5) is 0 Å². The highest BCUT2D eigenvalue weighted by atomic mass is 16.5. The van der Waals surface area contributed by atoms with Gasteiger partial charge in [-0.3, -0.25) is 9.69 Å². The maximum absolute atomic E-state index is 11.6. The van der Waals surface area contributed by atoms with Gasteiger partial charge in [-0.15, -0.1) is 0 Å². The summed E-state index contributed by atoms with van der Waals surface area (Å²) in [5, 5.41) is 13.2. The van der Waals surface area contributed by atoms with Crippen LogP contribution in [0.3, 0.4) is 0 Å². The van der Waals surface area contributed by atoms with Gasteiger partial charge < -0.3 is 14.5 Å². The number of amides is 1. The van der Waals surface area contributed by atoms with Gasteiger partial charge in [-0.25, -0.2) is 0 Å². The van der Waals surface area contributed by atoms with Gasteiger partial charge in [0.15, 0.2) is 0 Å². The van der Waals surface area contributed by atoms with E-state index in [9.17, 15) is 9.90 Å². The predicted octanol–water partition coefficient (Wildman–Crippen LogP) is 0.00802. The standard InChI is InChI=1S/C12H19N3O3/c1-9-7-11(13-18-9)8-14-3-5-15(6-4-14)12(17)10(2)16/h7,10,16H,3-6,8H2,1-2H3. The summed E-state index contributed by atoms with van der Waals surface area (Å²) in [6.07, 6.45) is -0.908. The van der Waals surface area contributed by atoms with E-state index in [1.807, 2.05) is 13.0 Å². The minimum Gasteiger partial charge on any atom is -0.384 e. The minimum atomic E-state index is -0.908. The van der Waals surface area contributed by atoms with E-state index in [1.165, 1.54) is 6.92 Å². The zero-order valence-electron chi connectivity index (χ0n) is 10.8. The maximum atomic E-state index is 11.6. The van der Waals surface area contributed by atoms with Crippen LogP contribution in [0.1, 0.15) is 18.4 Å². The molecule has 6 nitrogen and oxygen atoms in total. The number of rotatable bonds is 3. The smallest absolute Gasteiger partial charge is 0.251 e. The Balaban J connectivity index is 1.82. The molecule has 1 aliphatic heterocycles. The first-order chi connectivity index (χ1) is 8.56. The Kier molecular flexibility index (Phi) is 3.98. The van der Waals surface area contributed by atoms with Crippen molar-refractivity contribution in [1.82, 2.24) is 15.0 Å². The first-order valence-electron chi connectivity index (χ1n) is 6.17. The van der Waals surface area contributed by atoms with E-state index >= 15 is 0 Å². The summed E-state index contributed by atoms with van der Waals surface area (Å²) >= 11 is 0. The first kappa shape index (κ1) is 13.0. The number of aliphatic hydroxyl groups is 1. The third kappa shape index (κ3) is 3.08. The normalized spacial score (nSPS) is 18.9. The molecule has 18 heavy (non-hydrogen) atoms. The topological polar surface area (TPSA) is 69.8 Å². The maximum Gasteiger partial charge on any atom is 0.251 e. The van der Waals surface area contributed by atoms with Crippen molar-refractivity contribution in [3.8, 4) is 0 Å². The predicted molar refractivity (Wildman–Crippen MR) is 64.8 cm³/mol. The van der Waals surface area contributed by atoms with Crippen molar-refractivity contribution in [2.24, 2.45) is 0 Å². The number of carbonyl (C=O) groups is 1. The van der Waals surface area contributed by atoms with Gasteiger partial charge in [0.1, 0.15) is 11.9 Å². The molecule has 1 unspecified atom stereocenters. The molecule has 1 aromatic rings. The second-order valence-electron chi connectivity index (χ2n) is 4.71. The number of nitrogens with zero attached hydrogens (tertiary/aromatic N) is 3. The van der Waals surface area contributed by atoms with Crippen LogP contribution < -0.4 is 0 Å². The molecular weight excluding hydrogens is 234 g/mol. The second-order valence-corrected chi connectivity index (χ2v) is 4.71. The zero-order valence-corrected chi connectivity index (χ0v) is 10.8. The summed E-state index contributed by atoms with van der Waals surface area (Å²) in [7, 11) is 0. The Labute approximate surface area is 106 Å². The molecule has 1 aliphatic rings. The minimum absolute atomic E-state index is 0.188. The van der Waals surface area contributed by atoms with Crippen LogP contribution in [0.25, 0.3) is 0 Å². The fourth-order valence-electron chi connectivity index (χ4n) is 2.11. The van der Waals surface area contributed by atoms with E-state index in [0.29, 0.717) is 13.1 Å². The summed E-state index contributed by atoms with van der Waals surface area (Å²) < 4.78 is 5.02. The van der Waals surface area contributed by atoms with E-state index in [2.05, 4.69) is 10.1 Å². The van der Waals surface area contributed by atoms with Crippen LogP contribution in [-0.2, 0) is 11.3 Å². The highest BCUT2D eigenvalue weighted by Gasteiger charge is 2.23. The van der Waals surface area contributed by atoms with Gasteiger partial charge in [-0.05, 0) is 13.8 Å². The van der Waals surface area contributed by atoms with Crippen LogP contribution in [-0.4, -0.2) is 58.3 Å². The lowest BCUT2D eigenvalue weighted by Crippen LogP contribution is -2.50. The third-order valence-electron chi connectivity index (χ3n) is 3.10. The van der Waals surface area contributed by atoms with Gasteiger partial charge in [-0.1, -0.05) is 5.16 Å². The molecule has 0 aliphatic carbocycles. The number of aliphatic hydroxyl groups excluding tert-OH is 1. The van der Waals surface area contributed by atoms with Crippen molar-refractivity contribution in [1.29, 1.82) is 0 Å². The fourth-order valence-corrected chi connectivity index (χ4v) is 2.11. The molecule has 0 saturated carbocycles. The lowest BCUT2D eigenvalue weighted by molar-refractivity contribution is -0.141.